The molecule has 0 aliphatic rings. The predicted molar refractivity (Wildman–Crippen MR) is 81.4 cm³/mol. The number of carbonyl (C=O) groups excluding carboxylic acids is 1. The number of amides is 1. The fourth-order valence-corrected chi connectivity index (χ4v) is 1.68. The highest BCUT2D eigenvalue weighted by Crippen LogP contribution is 2.17. The third-order valence-electron chi connectivity index (χ3n) is 2.67. The molecule has 0 heterocycles. The molecule has 0 spiro atoms. The van der Waals surface area contributed by atoms with Crippen molar-refractivity contribution < 1.29 is 9.53 Å². The van der Waals surface area contributed by atoms with Gasteiger partial charge in [0.15, 0.2) is 0 Å². The highest BCUT2D eigenvalue weighted by atomic mass is 32.1. The lowest BCUT2D eigenvalue weighted by Gasteiger charge is -2.11. The molecule has 19 heavy (non-hydrogen) atoms. The van der Waals surface area contributed by atoms with Crippen LogP contribution in [0, 0.1) is 5.92 Å². The highest BCUT2D eigenvalue weighted by molar-refractivity contribution is 7.80. The van der Waals surface area contributed by atoms with E-state index in [4.69, 9.17) is 22.7 Å². The van der Waals surface area contributed by atoms with E-state index in [-0.39, 0.29) is 18.4 Å². The Hall–Kier alpha value is -1.62. The molecule has 4 nitrogen and oxygen atoms in total. The summed E-state index contributed by atoms with van der Waals surface area (Å²) < 4.78 is 5.33. The number of hydrogen-bond donors (Lipinski definition) is 2. The minimum Gasteiger partial charge on any atom is -0.487 e. The van der Waals surface area contributed by atoms with E-state index in [2.05, 4.69) is 12.2 Å². The van der Waals surface area contributed by atoms with Crippen LogP contribution in [0.1, 0.15) is 26.7 Å². The summed E-state index contributed by atoms with van der Waals surface area (Å²) >= 11 is 4.73. The maximum Gasteiger partial charge on any atom is 0.227 e. The molecule has 104 valence electrons. The molecule has 0 bridgehead atoms. The lowest BCUT2D eigenvalue weighted by Crippen LogP contribution is -2.20. The second-order valence-electron chi connectivity index (χ2n) is 4.46. The van der Waals surface area contributed by atoms with Gasteiger partial charge in [0.1, 0.15) is 17.3 Å². The fraction of sp³-hybridized carbons (Fsp3) is 0.429. The standard InChI is InChI=1S/C14H20N2O2S/c1-3-4-10(2)14(17)16-11-5-7-12(8-6-11)18-9-13(15)19/h5-8,10H,3-4,9H2,1-2H3,(H2,15,19)(H,16,17). The Labute approximate surface area is 119 Å². The van der Waals surface area contributed by atoms with E-state index >= 15 is 0 Å². The summed E-state index contributed by atoms with van der Waals surface area (Å²) in [6, 6.07) is 7.15. The fourth-order valence-electron chi connectivity index (χ4n) is 1.62. The van der Waals surface area contributed by atoms with Gasteiger partial charge in [0.05, 0.1) is 0 Å². The van der Waals surface area contributed by atoms with Crippen LogP contribution in [0.5, 0.6) is 5.75 Å². The molecule has 1 rings (SSSR count). The van der Waals surface area contributed by atoms with Gasteiger partial charge in [-0.1, -0.05) is 32.5 Å². The first-order chi connectivity index (χ1) is 9.02. The van der Waals surface area contributed by atoms with E-state index in [0.717, 1.165) is 18.5 Å². The second-order valence-corrected chi connectivity index (χ2v) is 4.98. The van der Waals surface area contributed by atoms with Crippen molar-refractivity contribution in [3.05, 3.63) is 24.3 Å². The van der Waals surface area contributed by atoms with Crippen molar-refractivity contribution >= 4 is 28.8 Å². The zero-order chi connectivity index (χ0) is 14.3. The van der Waals surface area contributed by atoms with Crippen LogP contribution in [-0.2, 0) is 4.79 Å². The Bertz CT molecular complexity index is 432. The number of anilines is 1. The molecular weight excluding hydrogens is 260 g/mol. The lowest BCUT2D eigenvalue weighted by atomic mass is 10.1. The Morgan fingerprint density at radius 2 is 2.05 bits per heavy atom. The Balaban J connectivity index is 2.52. The number of benzene rings is 1. The van der Waals surface area contributed by atoms with Crippen LogP contribution < -0.4 is 15.8 Å². The summed E-state index contributed by atoms with van der Waals surface area (Å²) in [5.74, 6) is 0.738. The minimum atomic E-state index is 0.0236. The smallest absolute Gasteiger partial charge is 0.227 e. The molecule has 1 aromatic carbocycles. The van der Waals surface area contributed by atoms with Gasteiger partial charge in [-0.15, -0.1) is 0 Å². The van der Waals surface area contributed by atoms with E-state index in [0.29, 0.717) is 10.7 Å². The monoisotopic (exact) mass is 280 g/mol. The summed E-state index contributed by atoms with van der Waals surface area (Å²) in [5, 5.41) is 2.87. The molecule has 1 amide bonds. The van der Waals surface area contributed by atoms with Gasteiger partial charge in [0, 0.05) is 11.6 Å². The maximum absolute atomic E-state index is 11.8. The molecule has 0 fully saturated rings. The first kappa shape index (κ1) is 15.4. The first-order valence-corrected chi connectivity index (χ1v) is 6.75. The van der Waals surface area contributed by atoms with Gasteiger partial charge in [0.25, 0.3) is 0 Å². The summed E-state index contributed by atoms with van der Waals surface area (Å²) in [6.07, 6.45) is 1.89. The normalized spacial score (nSPS) is 11.7. The molecule has 0 radical (unpaired) electrons. The first-order valence-electron chi connectivity index (χ1n) is 6.35. The molecule has 3 N–H and O–H groups in total. The topological polar surface area (TPSA) is 64.3 Å². The number of nitrogens with two attached hydrogens (primary N) is 1. The summed E-state index contributed by atoms with van der Waals surface area (Å²) in [6.45, 7) is 4.21. The van der Waals surface area contributed by atoms with Crippen molar-refractivity contribution in [3.8, 4) is 5.75 Å². The molecule has 1 unspecified atom stereocenters. The maximum atomic E-state index is 11.8. The Morgan fingerprint density at radius 1 is 1.42 bits per heavy atom. The van der Waals surface area contributed by atoms with Gasteiger partial charge in [-0.3, -0.25) is 4.79 Å². The average molecular weight is 280 g/mol. The molecular formula is C14H20N2O2S. The number of hydrogen-bond acceptors (Lipinski definition) is 3. The number of ether oxygens (including phenoxy) is 1. The number of thiocarbonyl (C=S) groups is 1. The molecule has 1 atom stereocenters. The quantitative estimate of drug-likeness (QED) is 0.754. The van der Waals surface area contributed by atoms with E-state index < -0.39 is 0 Å². The van der Waals surface area contributed by atoms with Crippen molar-refractivity contribution in [2.75, 3.05) is 11.9 Å². The second kappa shape index (κ2) is 7.74. The van der Waals surface area contributed by atoms with Crippen LogP contribution in [-0.4, -0.2) is 17.5 Å². The van der Waals surface area contributed by atoms with Crippen LogP contribution in [0.25, 0.3) is 0 Å². The van der Waals surface area contributed by atoms with Gasteiger partial charge >= 0.3 is 0 Å². The number of rotatable bonds is 7. The zero-order valence-corrected chi connectivity index (χ0v) is 12.1. The summed E-state index contributed by atoms with van der Waals surface area (Å²) in [7, 11) is 0. The van der Waals surface area contributed by atoms with Crippen molar-refractivity contribution in [2.24, 2.45) is 11.7 Å². The molecule has 0 aromatic heterocycles. The summed E-state index contributed by atoms with van der Waals surface area (Å²) in [4.78, 5) is 12.1. The number of carbonyl (C=O) groups is 1. The Morgan fingerprint density at radius 3 is 2.58 bits per heavy atom. The van der Waals surface area contributed by atoms with Crippen LogP contribution in [0.3, 0.4) is 0 Å². The third-order valence-corrected chi connectivity index (χ3v) is 2.79. The van der Waals surface area contributed by atoms with E-state index in [9.17, 15) is 4.79 Å². The largest absolute Gasteiger partial charge is 0.487 e. The van der Waals surface area contributed by atoms with Gasteiger partial charge in [-0.05, 0) is 30.7 Å². The number of nitrogens with one attached hydrogen (secondary N) is 1. The van der Waals surface area contributed by atoms with Crippen LogP contribution in [0.15, 0.2) is 24.3 Å². The van der Waals surface area contributed by atoms with Crippen LogP contribution in [0.4, 0.5) is 5.69 Å². The molecule has 0 aliphatic heterocycles. The Kier molecular flexibility index (Phi) is 6.29. The average Bonchev–Trinajstić information content (AvgIpc) is 2.38. The van der Waals surface area contributed by atoms with Crippen molar-refractivity contribution in [1.29, 1.82) is 0 Å². The highest BCUT2D eigenvalue weighted by Gasteiger charge is 2.11. The molecule has 0 saturated carbocycles. The third kappa shape index (κ3) is 5.70. The lowest BCUT2D eigenvalue weighted by molar-refractivity contribution is -0.119. The van der Waals surface area contributed by atoms with E-state index in [1.165, 1.54) is 0 Å². The zero-order valence-electron chi connectivity index (χ0n) is 11.3. The molecule has 5 heteroatoms. The van der Waals surface area contributed by atoms with Gasteiger partial charge in [-0.2, -0.15) is 0 Å². The minimum absolute atomic E-state index is 0.0236. The van der Waals surface area contributed by atoms with Gasteiger partial charge < -0.3 is 15.8 Å². The van der Waals surface area contributed by atoms with E-state index in [1.54, 1.807) is 24.3 Å². The van der Waals surface area contributed by atoms with Crippen LogP contribution >= 0.6 is 12.2 Å². The van der Waals surface area contributed by atoms with Gasteiger partial charge in [-0.25, -0.2) is 0 Å². The molecule has 0 aliphatic carbocycles. The summed E-state index contributed by atoms with van der Waals surface area (Å²) in [5.41, 5.74) is 6.11. The van der Waals surface area contributed by atoms with Crippen LogP contribution in [0.2, 0.25) is 0 Å². The van der Waals surface area contributed by atoms with Crippen molar-refractivity contribution in [2.45, 2.75) is 26.7 Å². The molecule has 1 aromatic rings. The molecule has 0 saturated heterocycles. The van der Waals surface area contributed by atoms with Crippen molar-refractivity contribution in [1.82, 2.24) is 0 Å². The predicted octanol–water partition coefficient (Wildman–Crippen LogP) is 2.73. The van der Waals surface area contributed by atoms with E-state index in [1.807, 2.05) is 6.92 Å². The van der Waals surface area contributed by atoms with Crippen molar-refractivity contribution in [3.63, 3.8) is 0 Å². The van der Waals surface area contributed by atoms with Gasteiger partial charge in [0.2, 0.25) is 5.91 Å². The SMILES string of the molecule is CCCC(C)C(=O)Nc1ccc(OCC(N)=S)cc1.